The van der Waals surface area contributed by atoms with Gasteiger partial charge in [-0.2, -0.15) is 0 Å². The standard InChI is InChI=1S/C30H36F3N3O/c1-3-20-16-35(17-20)11-12-37-21-14-24(31)27(25(32)15-21)29-28-23(22-7-4-5-8-26(22)34-28)13-19(2)36(29)18-30(33)9-6-10-30/h4-5,7-8,14-15,19-20,29,34H,3,6,9-13,16-18H2,1-2H3/t19-,29-/m1/s1. The third-order valence-corrected chi connectivity index (χ3v) is 8.85. The molecule has 2 fully saturated rings. The lowest BCUT2D eigenvalue weighted by Crippen LogP contribution is -2.52. The molecule has 37 heavy (non-hydrogen) atoms. The number of aromatic nitrogens is 1. The van der Waals surface area contributed by atoms with Crippen LogP contribution in [0.1, 0.15) is 62.4 Å². The Morgan fingerprint density at radius 2 is 1.84 bits per heavy atom. The van der Waals surface area contributed by atoms with Gasteiger partial charge in [0.05, 0.1) is 6.04 Å². The molecule has 0 unspecified atom stereocenters. The van der Waals surface area contributed by atoms with E-state index in [1.807, 2.05) is 36.1 Å². The summed E-state index contributed by atoms with van der Waals surface area (Å²) < 4.78 is 52.7. The maximum atomic E-state index is 15.8. The molecule has 1 aliphatic carbocycles. The Bertz CT molecular complexity index is 1260. The van der Waals surface area contributed by atoms with Crippen LogP contribution in [0.5, 0.6) is 5.75 Å². The van der Waals surface area contributed by atoms with Gasteiger partial charge in [0, 0.05) is 66.5 Å². The van der Waals surface area contributed by atoms with Crippen LogP contribution >= 0.6 is 0 Å². The Morgan fingerprint density at radius 3 is 2.51 bits per heavy atom. The van der Waals surface area contributed by atoms with Gasteiger partial charge in [0.1, 0.15) is 29.7 Å². The maximum Gasteiger partial charge on any atom is 0.135 e. The molecule has 1 saturated carbocycles. The maximum absolute atomic E-state index is 15.8. The third-order valence-electron chi connectivity index (χ3n) is 8.85. The second kappa shape index (κ2) is 9.66. The van der Waals surface area contributed by atoms with E-state index in [1.165, 1.54) is 18.6 Å². The lowest BCUT2D eigenvalue weighted by molar-refractivity contribution is -0.00817. The van der Waals surface area contributed by atoms with E-state index in [1.54, 1.807) is 0 Å². The second-order valence-electron chi connectivity index (χ2n) is 11.4. The molecule has 3 aromatic rings. The van der Waals surface area contributed by atoms with E-state index in [0.717, 1.165) is 54.1 Å². The molecule has 0 bridgehead atoms. The number of halogens is 3. The highest BCUT2D eigenvalue weighted by Crippen LogP contribution is 2.46. The number of ether oxygens (including phenoxy) is 1. The van der Waals surface area contributed by atoms with Gasteiger partial charge in [-0.1, -0.05) is 31.5 Å². The quantitative estimate of drug-likeness (QED) is 0.380. The van der Waals surface area contributed by atoms with E-state index < -0.39 is 23.3 Å². The molecule has 3 heterocycles. The summed E-state index contributed by atoms with van der Waals surface area (Å²) in [7, 11) is 0. The van der Waals surface area contributed by atoms with Crippen LogP contribution in [-0.4, -0.2) is 59.3 Å². The van der Waals surface area contributed by atoms with Crippen LogP contribution in [0.15, 0.2) is 36.4 Å². The number of hydrogen-bond acceptors (Lipinski definition) is 3. The smallest absolute Gasteiger partial charge is 0.135 e. The average molecular weight is 512 g/mol. The molecule has 1 saturated heterocycles. The normalized spacial score (nSPS) is 24.0. The number of fused-ring (bicyclic) bond motifs is 3. The third kappa shape index (κ3) is 4.54. The summed E-state index contributed by atoms with van der Waals surface area (Å²) >= 11 is 0. The zero-order chi connectivity index (χ0) is 25.7. The molecular formula is C30H36F3N3O. The number of nitrogens with zero attached hydrogens (tertiary/aromatic N) is 2. The van der Waals surface area contributed by atoms with Crippen LogP contribution in [0.2, 0.25) is 0 Å². The predicted octanol–water partition coefficient (Wildman–Crippen LogP) is 6.39. The molecule has 1 aromatic heterocycles. The molecule has 3 aliphatic rings. The number of nitrogens with one attached hydrogen (secondary N) is 1. The summed E-state index contributed by atoms with van der Waals surface area (Å²) in [5.41, 5.74) is 1.41. The Morgan fingerprint density at radius 1 is 1.11 bits per heavy atom. The van der Waals surface area contributed by atoms with E-state index in [9.17, 15) is 0 Å². The van der Waals surface area contributed by atoms with Crippen LogP contribution in [0.3, 0.4) is 0 Å². The van der Waals surface area contributed by atoms with E-state index in [4.69, 9.17) is 4.74 Å². The monoisotopic (exact) mass is 511 g/mol. The fourth-order valence-corrected chi connectivity index (χ4v) is 6.43. The highest BCUT2D eigenvalue weighted by atomic mass is 19.1. The van der Waals surface area contributed by atoms with Gasteiger partial charge in [-0.15, -0.1) is 0 Å². The van der Waals surface area contributed by atoms with Crippen LogP contribution in [0.4, 0.5) is 13.2 Å². The molecule has 0 amide bonds. The van der Waals surface area contributed by atoms with Gasteiger partial charge < -0.3 is 9.72 Å². The van der Waals surface area contributed by atoms with E-state index in [-0.39, 0.29) is 23.9 Å². The predicted molar refractivity (Wildman–Crippen MR) is 140 cm³/mol. The number of aromatic amines is 1. The summed E-state index contributed by atoms with van der Waals surface area (Å²) in [6.45, 7) is 7.63. The summed E-state index contributed by atoms with van der Waals surface area (Å²) in [4.78, 5) is 7.70. The Labute approximate surface area is 216 Å². The number of rotatable bonds is 8. The van der Waals surface area contributed by atoms with E-state index in [2.05, 4.69) is 16.8 Å². The first-order valence-electron chi connectivity index (χ1n) is 13.7. The number of alkyl halides is 1. The topological polar surface area (TPSA) is 31.5 Å². The van der Waals surface area contributed by atoms with Gasteiger partial charge >= 0.3 is 0 Å². The lowest BCUT2D eigenvalue weighted by Gasteiger charge is -2.46. The van der Waals surface area contributed by atoms with Crippen molar-refractivity contribution in [1.29, 1.82) is 0 Å². The molecule has 0 spiro atoms. The number of hydrogen-bond donors (Lipinski definition) is 1. The highest BCUT2D eigenvalue weighted by molar-refractivity contribution is 5.85. The van der Waals surface area contributed by atoms with Crippen molar-refractivity contribution in [3.8, 4) is 5.75 Å². The summed E-state index contributed by atoms with van der Waals surface area (Å²) in [5, 5.41) is 1.06. The van der Waals surface area contributed by atoms with Crippen LogP contribution < -0.4 is 4.74 Å². The Balaban J connectivity index is 1.32. The van der Waals surface area contributed by atoms with Gasteiger partial charge in [0.25, 0.3) is 0 Å². The molecule has 2 atom stereocenters. The van der Waals surface area contributed by atoms with Gasteiger partial charge in [-0.25, -0.2) is 13.2 Å². The summed E-state index contributed by atoms with van der Waals surface area (Å²) in [5.74, 6) is -0.368. The zero-order valence-electron chi connectivity index (χ0n) is 21.7. The van der Waals surface area contributed by atoms with Crippen LogP contribution in [0.25, 0.3) is 10.9 Å². The molecular weight excluding hydrogens is 475 g/mol. The largest absolute Gasteiger partial charge is 0.492 e. The second-order valence-corrected chi connectivity index (χ2v) is 11.4. The summed E-state index contributed by atoms with van der Waals surface area (Å²) in [6, 6.07) is 9.72. The van der Waals surface area contributed by atoms with E-state index in [0.29, 0.717) is 25.9 Å². The van der Waals surface area contributed by atoms with Crippen molar-refractivity contribution in [2.45, 2.75) is 63.7 Å². The Hall–Kier alpha value is -2.51. The number of likely N-dealkylation sites (tertiary alicyclic amines) is 1. The number of para-hydroxylation sites is 1. The minimum atomic E-state index is -1.31. The molecule has 198 valence electrons. The number of H-pyrrole nitrogens is 1. The SMILES string of the molecule is CCC1CN(CCOc2cc(F)c([C@@H]3c4[nH]c5ccccc5c4C[C@@H](C)N3CC3(F)CCC3)c(F)c2)C1. The first-order chi connectivity index (χ1) is 17.8. The fourth-order valence-electron chi connectivity index (χ4n) is 6.43. The number of benzene rings is 2. The van der Waals surface area contributed by atoms with Gasteiger partial charge in [-0.05, 0) is 50.2 Å². The van der Waals surface area contributed by atoms with Crippen molar-refractivity contribution < 1.29 is 17.9 Å². The molecule has 1 N–H and O–H groups in total. The van der Waals surface area contributed by atoms with Crippen molar-refractivity contribution in [2.24, 2.45) is 5.92 Å². The lowest BCUT2D eigenvalue weighted by atomic mass is 9.79. The molecule has 7 heteroatoms. The van der Waals surface area contributed by atoms with Crippen molar-refractivity contribution in [3.63, 3.8) is 0 Å². The fraction of sp³-hybridized carbons (Fsp3) is 0.533. The highest BCUT2D eigenvalue weighted by Gasteiger charge is 2.45. The van der Waals surface area contributed by atoms with Gasteiger partial charge in [0.2, 0.25) is 0 Å². The van der Waals surface area contributed by atoms with Crippen LogP contribution in [-0.2, 0) is 6.42 Å². The van der Waals surface area contributed by atoms with Crippen molar-refractivity contribution in [1.82, 2.24) is 14.8 Å². The van der Waals surface area contributed by atoms with Crippen molar-refractivity contribution in [3.05, 3.63) is 64.9 Å². The summed E-state index contributed by atoms with van der Waals surface area (Å²) in [6.07, 6.45) is 3.72. The molecule has 0 radical (unpaired) electrons. The van der Waals surface area contributed by atoms with Crippen molar-refractivity contribution >= 4 is 10.9 Å². The first kappa shape index (κ1) is 24.8. The molecule has 2 aliphatic heterocycles. The van der Waals surface area contributed by atoms with Gasteiger partial charge in [-0.3, -0.25) is 9.80 Å². The molecule has 6 rings (SSSR count). The van der Waals surface area contributed by atoms with Crippen LogP contribution in [0, 0.1) is 17.6 Å². The minimum absolute atomic E-state index is 0.0387. The Kier molecular flexibility index (Phi) is 6.48. The average Bonchev–Trinajstić information content (AvgIpc) is 3.19. The van der Waals surface area contributed by atoms with Crippen molar-refractivity contribution in [2.75, 3.05) is 32.8 Å². The first-order valence-corrected chi connectivity index (χ1v) is 13.7. The minimum Gasteiger partial charge on any atom is -0.492 e. The molecule has 4 nitrogen and oxygen atoms in total. The zero-order valence-corrected chi connectivity index (χ0v) is 21.7. The molecule has 2 aromatic carbocycles. The van der Waals surface area contributed by atoms with Gasteiger partial charge in [0.15, 0.2) is 0 Å². The van der Waals surface area contributed by atoms with E-state index >= 15 is 13.2 Å².